The van der Waals surface area contributed by atoms with E-state index >= 15 is 0 Å². The molecule has 1 saturated heterocycles. The van der Waals surface area contributed by atoms with Crippen molar-refractivity contribution < 1.29 is 13.2 Å². The summed E-state index contributed by atoms with van der Waals surface area (Å²) in [6, 6.07) is 12.1. The second-order valence-electron chi connectivity index (χ2n) is 7.12. The van der Waals surface area contributed by atoms with Gasteiger partial charge < -0.3 is 9.47 Å². The molecule has 0 unspecified atom stereocenters. The topological polar surface area (TPSA) is 79.7 Å². The number of aryl methyl sites for hydroxylation is 2. The lowest BCUT2D eigenvalue weighted by Gasteiger charge is -2.34. The fraction of sp³-hybridized carbons (Fsp3) is 0.300. The molecule has 0 bridgehead atoms. The Kier molecular flexibility index (Phi) is 5.05. The number of amides is 1. The number of rotatable bonds is 3. The molecule has 1 aliphatic heterocycles. The van der Waals surface area contributed by atoms with Crippen LogP contribution in [0.5, 0.6) is 0 Å². The van der Waals surface area contributed by atoms with Crippen LogP contribution >= 0.6 is 11.3 Å². The summed E-state index contributed by atoms with van der Waals surface area (Å²) in [6.07, 6.45) is 0. The normalized spacial score (nSPS) is 15.7. The minimum atomic E-state index is -3.69. The van der Waals surface area contributed by atoms with Gasteiger partial charge in [0, 0.05) is 38.8 Å². The number of nitrogens with zero attached hydrogens (tertiary/aromatic N) is 3. The van der Waals surface area contributed by atoms with E-state index in [-0.39, 0.29) is 28.8 Å². The standard InChI is InChI=1S/C20H21N3O4S2/c1-14-3-5-15(6-4-14)19(24)22-9-11-23(12-10-22)29(26,27)16-7-8-17-18(13-16)28-20(25)21(17)2/h3-8,13H,9-12H2,1-2H3. The minimum absolute atomic E-state index is 0.0856. The molecule has 0 atom stereocenters. The van der Waals surface area contributed by atoms with Crippen molar-refractivity contribution in [2.24, 2.45) is 7.05 Å². The van der Waals surface area contributed by atoms with Crippen molar-refractivity contribution in [1.29, 1.82) is 0 Å². The second kappa shape index (κ2) is 7.40. The number of thiazole rings is 1. The molecule has 0 aliphatic carbocycles. The van der Waals surface area contributed by atoms with Crippen LogP contribution in [0.1, 0.15) is 15.9 Å². The monoisotopic (exact) mass is 431 g/mol. The van der Waals surface area contributed by atoms with Gasteiger partial charge in [0.25, 0.3) is 5.91 Å². The van der Waals surface area contributed by atoms with Crippen LogP contribution in [0.2, 0.25) is 0 Å². The first-order valence-electron chi connectivity index (χ1n) is 9.23. The maximum absolute atomic E-state index is 13.0. The van der Waals surface area contributed by atoms with E-state index in [4.69, 9.17) is 0 Å². The Hall–Kier alpha value is -2.49. The number of carbonyl (C=O) groups is 1. The van der Waals surface area contributed by atoms with E-state index in [2.05, 4.69) is 0 Å². The molecule has 1 amide bonds. The van der Waals surface area contributed by atoms with Gasteiger partial charge in [-0.3, -0.25) is 9.59 Å². The van der Waals surface area contributed by atoms with Crippen molar-refractivity contribution in [2.45, 2.75) is 11.8 Å². The molecule has 2 aromatic carbocycles. The van der Waals surface area contributed by atoms with Crippen molar-refractivity contribution in [3.8, 4) is 0 Å². The van der Waals surface area contributed by atoms with E-state index in [9.17, 15) is 18.0 Å². The Morgan fingerprint density at radius 2 is 1.66 bits per heavy atom. The van der Waals surface area contributed by atoms with Crippen molar-refractivity contribution in [3.63, 3.8) is 0 Å². The minimum Gasteiger partial charge on any atom is -0.336 e. The molecule has 3 aromatic rings. The van der Waals surface area contributed by atoms with Gasteiger partial charge in [-0.25, -0.2) is 8.42 Å². The summed E-state index contributed by atoms with van der Waals surface area (Å²) >= 11 is 1.03. The molecule has 7 nitrogen and oxygen atoms in total. The Morgan fingerprint density at radius 3 is 2.31 bits per heavy atom. The van der Waals surface area contributed by atoms with Gasteiger partial charge in [-0.2, -0.15) is 4.31 Å². The maximum Gasteiger partial charge on any atom is 0.307 e. The van der Waals surface area contributed by atoms with Gasteiger partial charge >= 0.3 is 4.87 Å². The molecule has 0 radical (unpaired) electrons. The number of sulfonamides is 1. The lowest BCUT2D eigenvalue weighted by Crippen LogP contribution is -2.50. The molecule has 1 aliphatic rings. The predicted molar refractivity (Wildman–Crippen MR) is 113 cm³/mol. The van der Waals surface area contributed by atoms with E-state index in [1.165, 1.54) is 14.9 Å². The van der Waals surface area contributed by atoms with Crippen LogP contribution in [0.3, 0.4) is 0 Å². The largest absolute Gasteiger partial charge is 0.336 e. The molecule has 2 heterocycles. The smallest absolute Gasteiger partial charge is 0.307 e. The fourth-order valence-corrected chi connectivity index (χ4v) is 5.88. The average molecular weight is 432 g/mol. The van der Waals surface area contributed by atoms with Crippen LogP contribution in [0, 0.1) is 6.92 Å². The van der Waals surface area contributed by atoms with Crippen molar-refractivity contribution >= 4 is 37.5 Å². The molecule has 0 N–H and O–H groups in total. The van der Waals surface area contributed by atoms with Crippen LogP contribution < -0.4 is 4.87 Å². The summed E-state index contributed by atoms with van der Waals surface area (Å²) in [5, 5.41) is 0. The van der Waals surface area contributed by atoms with E-state index in [0.717, 1.165) is 16.9 Å². The number of benzene rings is 2. The number of carbonyl (C=O) groups excluding carboxylic acids is 1. The molecular formula is C20H21N3O4S2. The van der Waals surface area contributed by atoms with Crippen molar-refractivity contribution in [1.82, 2.24) is 13.8 Å². The molecule has 152 valence electrons. The highest BCUT2D eigenvalue weighted by atomic mass is 32.2. The third-order valence-electron chi connectivity index (χ3n) is 5.23. The second-order valence-corrected chi connectivity index (χ2v) is 10.0. The van der Waals surface area contributed by atoms with Gasteiger partial charge in [-0.05, 0) is 37.3 Å². The number of aromatic nitrogens is 1. The predicted octanol–water partition coefficient (Wildman–Crippen LogP) is 2.06. The summed E-state index contributed by atoms with van der Waals surface area (Å²) < 4.78 is 29.7. The molecule has 29 heavy (non-hydrogen) atoms. The fourth-order valence-electron chi connectivity index (χ4n) is 3.43. The van der Waals surface area contributed by atoms with Gasteiger partial charge in [-0.15, -0.1) is 0 Å². The van der Waals surface area contributed by atoms with E-state index in [1.807, 2.05) is 19.1 Å². The summed E-state index contributed by atoms with van der Waals surface area (Å²) in [5.41, 5.74) is 2.40. The van der Waals surface area contributed by atoms with E-state index in [0.29, 0.717) is 28.9 Å². The lowest BCUT2D eigenvalue weighted by atomic mass is 10.1. The van der Waals surface area contributed by atoms with Gasteiger partial charge in [-0.1, -0.05) is 29.0 Å². The Morgan fingerprint density at radius 1 is 1.00 bits per heavy atom. The zero-order chi connectivity index (χ0) is 20.8. The van der Waals surface area contributed by atoms with Gasteiger partial charge in [0.1, 0.15) is 0 Å². The molecule has 0 saturated carbocycles. The van der Waals surface area contributed by atoms with Crippen LogP contribution in [-0.2, 0) is 17.1 Å². The van der Waals surface area contributed by atoms with Crippen molar-refractivity contribution in [2.75, 3.05) is 26.2 Å². The summed E-state index contributed by atoms with van der Waals surface area (Å²) in [5.74, 6) is -0.0856. The van der Waals surface area contributed by atoms with Crippen LogP contribution in [0.4, 0.5) is 0 Å². The molecule has 0 spiro atoms. The zero-order valence-electron chi connectivity index (χ0n) is 16.2. The first kappa shape index (κ1) is 19.8. The highest BCUT2D eigenvalue weighted by molar-refractivity contribution is 7.89. The number of piperazine rings is 1. The maximum atomic E-state index is 13.0. The van der Waals surface area contributed by atoms with E-state index in [1.54, 1.807) is 36.2 Å². The third-order valence-corrected chi connectivity index (χ3v) is 8.12. The molecule has 9 heteroatoms. The summed E-state index contributed by atoms with van der Waals surface area (Å²) in [7, 11) is -2.02. The van der Waals surface area contributed by atoms with Crippen LogP contribution in [0.15, 0.2) is 52.2 Å². The van der Waals surface area contributed by atoms with Crippen molar-refractivity contribution in [3.05, 3.63) is 63.3 Å². The third kappa shape index (κ3) is 3.61. The number of hydrogen-bond donors (Lipinski definition) is 0. The highest BCUT2D eigenvalue weighted by Gasteiger charge is 2.30. The van der Waals surface area contributed by atoms with Crippen LogP contribution in [0.25, 0.3) is 10.2 Å². The Balaban J connectivity index is 1.50. The molecule has 4 rings (SSSR count). The quantitative estimate of drug-likeness (QED) is 0.636. The lowest BCUT2D eigenvalue weighted by molar-refractivity contribution is 0.0698. The van der Waals surface area contributed by atoms with E-state index < -0.39 is 10.0 Å². The Labute approximate surface area is 172 Å². The Bertz CT molecular complexity index is 1230. The molecule has 1 aromatic heterocycles. The SMILES string of the molecule is Cc1ccc(C(=O)N2CCN(S(=O)(=O)c3ccc4c(c3)sc(=O)n4C)CC2)cc1. The first-order chi connectivity index (χ1) is 13.8. The van der Waals surface area contributed by atoms with Gasteiger partial charge in [0.05, 0.1) is 15.1 Å². The first-order valence-corrected chi connectivity index (χ1v) is 11.5. The zero-order valence-corrected chi connectivity index (χ0v) is 17.8. The molecular weight excluding hydrogens is 410 g/mol. The van der Waals surface area contributed by atoms with Crippen LogP contribution in [-0.4, -0.2) is 54.3 Å². The molecule has 1 fully saturated rings. The van der Waals surface area contributed by atoms with Gasteiger partial charge in [0.15, 0.2) is 0 Å². The number of hydrogen-bond acceptors (Lipinski definition) is 5. The average Bonchev–Trinajstić information content (AvgIpc) is 3.01. The highest BCUT2D eigenvalue weighted by Crippen LogP contribution is 2.24. The summed E-state index contributed by atoms with van der Waals surface area (Å²) in [4.78, 5) is 26.2. The van der Waals surface area contributed by atoms with Gasteiger partial charge in [0.2, 0.25) is 10.0 Å². The summed E-state index contributed by atoms with van der Waals surface area (Å²) in [6.45, 7) is 3.12. The number of fused-ring (bicyclic) bond motifs is 1.